The lowest BCUT2D eigenvalue weighted by Crippen LogP contribution is -2.49. The summed E-state index contributed by atoms with van der Waals surface area (Å²) >= 11 is 0. The molecule has 1 saturated heterocycles. The van der Waals surface area contributed by atoms with E-state index in [2.05, 4.69) is 10.6 Å². The summed E-state index contributed by atoms with van der Waals surface area (Å²) < 4.78 is 26.2. The molecule has 1 unspecified atom stereocenters. The van der Waals surface area contributed by atoms with Crippen LogP contribution in [0.25, 0.3) is 0 Å². The Morgan fingerprint density at radius 1 is 1.26 bits per heavy atom. The molecule has 0 aromatic heterocycles. The predicted octanol–water partition coefficient (Wildman–Crippen LogP) is 0.0362. The molecule has 10 heteroatoms. The Kier molecular flexibility index (Phi) is 6.55. The van der Waals surface area contributed by atoms with Crippen LogP contribution in [0.5, 0.6) is 0 Å². The summed E-state index contributed by atoms with van der Waals surface area (Å²) in [6.45, 7) is 3.86. The third-order valence-corrected chi connectivity index (χ3v) is 5.93. The van der Waals surface area contributed by atoms with Crippen molar-refractivity contribution in [1.82, 2.24) is 14.9 Å². The molecule has 0 spiro atoms. The number of rotatable bonds is 7. The molecule has 1 aliphatic rings. The van der Waals surface area contributed by atoms with Gasteiger partial charge in [-0.15, -0.1) is 0 Å². The van der Waals surface area contributed by atoms with Crippen LogP contribution in [0.2, 0.25) is 0 Å². The average Bonchev–Trinajstić information content (AvgIpc) is 2.60. The highest BCUT2D eigenvalue weighted by Gasteiger charge is 2.29. The minimum absolute atomic E-state index is 0.0364. The number of nitrogens with zero attached hydrogens (tertiary/aromatic N) is 1. The Hall–Kier alpha value is -2.46. The zero-order valence-corrected chi connectivity index (χ0v) is 16.0. The molecular formula is C17H23N3O6S. The van der Waals surface area contributed by atoms with Gasteiger partial charge in [0.25, 0.3) is 5.91 Å². The fraction of sp³-hybridized carbons (Fsp3) is 0.471. The van der Waals surface area contributed by atoms with Crippen molar-refractivity contribution in [3.8, 4) is 0 Å². The summed E-state index contributed by atoms with van der Waals surface area (Å²) in [6.07, 6.45) is 0.282. The molecule has 0 aliphatic carbocycles. The molecule has 1 aromatic rings. The smallest absolute Gasteiger partial charge is 0.326 e. The fourth-order valence-corrected chi connectivity index (χ4v) is 4.08. The molecule has 2 rings (SSSR count). The molecular weight excluding hydrogens is 374 g/mol. The normalized spacial score (nSPS) is 16.6. The molecule has 1 atom stereocenters. The van der Waals surface area contributed by atoms with Gasteiger partial charge >= 0.3 is 5.97 Å². The minimum atomic E-state index is -3.84. The van der Waals surface area contributed by atoms with Crippen molar-refractivity contribution in [2.75, 3.05) is 19.6 Å². The maximum Gasteiger partial charge on any atom is 0.326 e. The number of aliphatic carboxylic acids is 1. The van der Waals surface area contributed by atoms with Gasteiger partial charge in [0.1, 0.15) is 6.04 Å². The first-order valence-electron chi connectivity index (χ1n) is 8.52. The molecule has 0 radical (unpaired) electrons. The van der Waals surface area contributed by atoms with Crippen molar-refractivity contribution in [1.29, 1.82) is 0 Å². The molecule has 1 fully saturated rings. The number of nitrogens with one attached hydrogen (secondary N) is 2. The minimum Gasteiger partial charge on any atom is -0.480 e. The largest absolute Gasteiger partial charge is 0.480 e. The van der Waals surface area contributed by atoms with E-state index in [0.29, 0.717) is 0 Å². The number of benzene rings is 1. The van der Waals surface area contributed by atoms with Crippen LogP contribution in [0.4, 0.5) is 0 Å². The first kappa shape index (κ1) is 20.8. The molecule has 1 heterocycles. The third kappa shape index (κ3) is 5.27. The first-order valence-corrected chi connectivity index (χ1v) is 9.96. The van der Waals surface area contributed by atoms with Gasteiger partial charge in [0.15, 0.2) is 0 Å². The summed E-state index contributed by atoms with van der Waals surface area (Å²) in [7, 11) is -3.84. The highest BCUT2D eigenvalue weighted by molar-refractivity contribution is 7.89. The van der Waals surface area contributed by atoms with E-state index in [0.717, 1.165) is 4.31 Å². The lowest BCUT2D eigenvalue weighted by molar-refractivity contribution is -0.139. The number of amides is 2. The number of carbonyl (C=O) groups is 3. The summed E-state index contributed by atoms with van der Waals surface area (Å²) in [6, 6.07) is 4.16. The van der Waals surface area contributed by atoms with E-state index in [-0.39, 0.29) is 48.3 Å². The van der Waals surface area contributed by atoms with Crippen LogP contribution in [-0.4, -0.2) is 61.3 Å². The lowest BCUT2D eigenvalue weighted by atomic mass is 10.0. The van der Waals surface area contributed by atoms with Gasteiger partial charge in [-0.1, -0.05) is 13.8 Å². The standard InChI is InChI=1S/C17H23N3O6S/c1-11(2)9-14(17(23)24)19-16(22)12-3-5-13(6-4-12)27(25,26)20-8-7-18-15(21)10-20/h3-6,11,14H,7-10H2,1-2H3,(H,18,21)(H,19,22)(H,23,24). The molecule has 148 valence electrons. The second-order valence-electron chi connectivity index (χ2n) is 6.71. The van der Waals surface area contributed by atoms with Crippen LogP contribution in [0.3, 0.4) is 0 Å². The van der Waals surface area contributed by atoms with E-state index in [1.165, 1.54) is 24.3 Å². The van der Waals surface area contributed by atoms with Crippen LogP contribution in [-0.2, 0) is 19.6 Å². The van der Waals surface area contributed by atoms with Gasteiger partial charge in [-0.25, -0.2) is 13.2 Å². The van der Waals surface area contributed by atoms with Crippen LogP contribution in [0, 0.1) is 5.92 Å². The molecule has 0 bridgehead atoms. The summed E-state index contributed by atoms with van der Waals surface area (Å²) in [4.78, 5) is 34.9. The number of piperazine rings is 1. The first-order chi connectivity index (χ1) is 12.6. The van der Waals surface area contributed by atoms with Gasteiger partial charge in [-0.05, 0) is 36.6 Å². The van der Waals surface area contributed by atoms with Crippen LogP contribution in [0.1, 0.15) is 30.6 Å². The second kappa shape index (κ2) is 8.49. The Bertz CT molecular complexity index is 820. The Balaban J connectivity index is 2.12. The molecule has 2 amide bonds. The quantitative estimate of drug-likeness (QED) is 0.595. The van der Waals surface area contributed by atoms with E-state index in [1.54, 1.807) is 0 Å². The zero-order chi connectivity index (χ0) is 20.2. The number of carboxylic acid groups (broad SMARTS) is 1. The molecule has 9 nitrogen and oxygen atoms in total. The highest BCUT2D eigenvalue weighted by atomic mass is 32.2. The Morgan fingerprint density at radius 3 is 2.41 bits per heavy atom. The number of hydrogen-bond acceptors (Lipinski definition) is 5. The van der Waals surface area contributed by atoms with E-state index in [4.69, 9.17) is 0 Å². The van der Waals surface area contributed by atoms with Crippen molar-refractivity contribution in [2.45, 2.75) is 31.2 Å². The van der Waals surface area contributed by atoms with E-state index in [1.807, 2.05) is 13.8 Å². The highest BCUT2D eigenvalue weighted by Crippen LogP contribution is 2.17. The fourth-order valence-electron chi connectivity index (χ4n) is 2.68. The maximum atomic E-state index is 12.6. The van der Waals surface area contributed by atoms with Crippen molar-refractivity contribution in [3.05, 3.63) is 29.8 Å². The SMILES string of the molecule is CC(C)CC(NC(=O)c1ccc(S(=O)(=O)N2CCNC(=O)C2)cc1)C(=O)O. The maximum absolute atomic E-state index is 12.6. The van der Waals surface area contributed by atoms with Crippen molar-refractivity contribution >= 4 is 27.8 Å². The molecule has 0 saturated carbocycles. The second-order valence-corrected chi connectivity index (χ2v) is 8.64. The molecule has 1 aromatic carbocycles. The average molecular weight is 397 g/mol. The van der Waals surface area contributed by atoms with Gasteiger partial charge in [-0.2, -0.15) is 4.31 Å². The van der Waals surface area contributed by atoms with Crippen LogP contribution in [0.15, 0.2) is 29.2 Å². The van der Waals surface area contributed by atoms with Crippen molar-refractivity contribution in [3.63, 3.8) is 0 Å². The van der Waals surface area contributed by atoms with Crippen molar-refractivity contribution < 1.29 is 27.9 Å². The summed E-state index contributed by atoms with van der Waals surface area (Å²) in [5.41, 5.74) is 0.153. The molecule has 3 N–H and O–H groups in total. The third-order valence-electron chi connectivity index (χ3n) is 4.07. The molecule has 27 heavy (non-hydrogen) atoms. The molecule has 1 aliphatic heterocycles. The van der Waals surface area contributed by atoms with E-state index < -0.39 is 27.9 Å². The monoisotopic (exact) mass is 397 g/mol. The Labute approximate surface area is 157 Å². The number of hydrogen-bond donors (Lipinski definition) is 3. The van der Waals surface area contributed by atoms with E-state index >= 15 is 0 Å². The van der Waals surface area contributed by atoms with Crippen LogP contribution >= 0.6 is 0 Å². The van der Waals surface area contributed by atoms with Crippen LogP contribution < -0.4 is 10.6 Å². The number of sulfonamides is 1. The van der Waals surface area contributed by atoms with Crippen molar-refractivity contribution in [2.24, 2.45) is 5.92 Å². The zero-order valence-electron chi connectivity index (χ0n) is 15.1. The predicted molar refractivity (Wildman–Crippen MR) is 96.6 cm³/mol. The van der Waals surface area contributed by atoms with Gasteiger partial charge < -0.3 is 15.7 Å². The van der Waals surface area contributed by atoms with Gasteiger partial charge in [0.2, 0.25) is 15.9 Å². The summed E-state index contributed by atoms with van der Waals surface area (Å²) in [5, 5.41) is 14.2. The Morgan fingerprint density at radius 2 is 1.89 bits per heavy atom. The van der Waals surface area contributed by atoms with E-state index in [9.17, 15) is 27.9 Å². The van der Waals surface area contributed by atoms with Gasteiger partial charge in [0, 0.05) is 18.7 Å². The summed E-state index contributed by atoms with van der Waals surface area (Å²) in [5.74, 6) is -2.00. The van der Waals surface area contributed by atoms with Gasteiger partial charge in [-0.3, -0.25) is 9.59 Å². The number of carboxylic acids is 1. The van der Waals surface area contributed by atoms with Gasteiger partial charge in [0.05, 0.1) is 11.4 Å². The number of carbonyl (C=O) groups excluding carboxylic acids is 2. The topological polar surface area (TPSA) is 133 Å². The lowest BCUT2D eigenvalue weighted by Gasteiger charge is -2.25.